The van der Waals surface area contributed by atoms with Crippen molar-refractivity contribution in [3.63, 3.8) is 0 Å². The second-order valence-electron chi connectivity index (χ2n) is 5.32. The van der Waals surface area contributed by atoms with Gasteiger partial charge in [-0.3, -0.25) is 4.98 Å². The highest BCUT2D eigenvalue weighted by Crippen LogP contribution is 2.20. The fraction of sp³-hybridized carbons (Fsp3) is 0.500. The number of aryl methyl sites for hydroxylation is 4. The average Bonchev–Trinajstić information content (AvgIpc) is 2.81. The molecule has 0 aliphatic carbocycles. The minimum atomic E-state index is 0.289. The molecule has 0 aliphatic heterocycles. The number of imidazole rings is 1. The number of pyridine rings is 1. The zero-order valence-electron chi connectivity index (χ0n) is 12.8. The highest BCUT2D eigenvalue weighted by atomic mass is 15.0. The van der Waals surface area contributed by atoms with Gasteiger partial charge in [0, 0.05) is 32.1 Å². The molecule has 108 valence electrons. The Hall–Kier alpha value is -1.68. The van der Waals surface area contributed by atoms with Gasteiger partial charge in [-0.2, -0.15) is 0 Å². The van der Waals surface area contributed by atoms with Crippen molar-refractivity contribution in [1.29, 1.82) is 0 Å². The molecule has 0 aromatic carbocycles. The first-order valence-corrected chi connectivity index (χ1v) is 7.24. The van der Waals surface area contributed by atoms with E-state index in [1.54, 1.807) is 0 Å². The lowest BCUT2D eigenvalue weighted by Crippen LogP contribution is -2.23. The molecule has 0 amide bonds. The van der Waals surface area contributed by atoms with Crippen molar-refractivity contribution in [2.75, 3.05) is 6.54 Å². The number of nitrogens with one attached hydrogen (secondary N) is 1. The van der Waals surface area contributed by atoms with Gasteiger partial charge in [0.1, 0.15) is 5.82 Å². The molecule has 4 nitrogen and oxygen atoms in total. The van der Waals surface area contributed by atoms with Gasteiger partial charge in [-0.05, 0) is 37.9 Å². The summed E-state index contributed by atoms with van der Waals surface area (Å²) in [6, 6.07) is 2.49. The Bertz CT molecular complexity index is 559. The van der Waals surface area contributed by atoms with E-state index in [1.165, 1.54) is 11.1 Å². The lowest BCUT2D eigenvalue weighted by Gasteiger charge is -2.19. The van der Waals surface area contributed by atoms with Gasteiger partial charge in [0.05, 0.1) is 11.7 Å². The van der Waals surface area contributed by atoms with Gasteiger partial charge in [-0.15, -0.1) is 0 Å². The van der Waals surface area contributed by atoms with Gasteiger partial charge in [0.2, 0.25) is 0 Å². The Morgan fingerprint density at radius 3 is 2.70 bits per heavy atom. The zero-order valence-corrected chi connectivity index (χ0v) is 12.8. The van der Waals surface area contributed by atoms with Gasteiger partial charge >= 0.3 is 0 Å². The number of hydrogen-bond acceptors (Lipinski definition) is 3. The fourth-order valence-corrected chi connectivity index (χ4v) is 2.58. The largest absolute Gasteiger partial charge is 0.338 e. The van der Waals surface area contributed by atoms with E-state index in [1.807, 2.05) is 25.6 Å². The van der Waals surface area contributed by atoms with Crippen LogP contribution in [0.1, 0.15) is 42.0 Å². The third kappa shape index (κ3) is 3.45. The van der Waals surface area contributed by atoms with E-state index in [0.29, 0.717) is 0 Å². The SMILES string of the molecule is CCNC(CCc1nccn1C)c1ncc(C)cc1C. The van der Waals surface area contributed by atoms with E-state index in [4.69, 9.17) is 0 Å². The first-order valence-electron chi connectivity index (χ1n) is 7.24. The summed E-state index contributed by atoms with van der Waals surface area (Å²) in [7, 11) is 2.04. The normalized spacial score (nSPS) is 12.6. The average molecular weight is 272 g/mol. The molecule has 0 saturated heterocycles. The highest BCUT2D eigenvalue weighted by molar-refractivity contribution is 5.25. The molecular formula is C16H24N4. The maximum Gasteiger partial charge on any atom is 0.108 e. The van der Waals surface area contributed by atoms with Crippen LogP contribution in [0.5, 0.6) is 0 Å². The van der Waals surface area contributed by atoms with Crippen molar-refractivity contribution in [3.8, 4) is 0 Å². The first-order chi connectivity index (χ1) is 9.61. The Labute approximate surface area is 121 Å². The molecule has 2 heterocycles. The second kappa shape index (κ2) is 6.66. The molecule has 0 spiro atoms. The van der Waals surface area contributed by atoms with Crippen LogP contribution in [0.25, 0.3) is 0 Å². The minimum Gasteiger partial charge on any atom is -0.338 e. The predicted octanol–water partition coefficient (Wildman–Crippen LogP) is 2.72. The van der Waals surface area contributed by atoms with Gasteiger partial charge in [-0.1, -0.05) is 13.0 Å². The smallest absolute Gasteiger partial charge is 0.108 e. The van der Waals surface area contributed by atoms with Crippen LogP contribution in [-0.2, 0) is 13.5 Å². The maximum absolute atomic E-state index is 4.63. The van der Waals surface area contributed by atoms with Crippen LogP contribution in [0.4, 0.5) is 0 Å². The quantitative estimate of drug-likeness (QED) is 0.879. The summed E-state index contributed by atoms with van der Waals surface area (Å²) in [6.45, 7) is 7.30. The molecule has 2 rings (SSSR count). The van der Waals surface area contributed by atoms with Gasteiger partial charge in [0.25, 0.3) is 0 Å². The molecule has 1 N–H and O–H groups in total. The van der Waals surface area contributed by atoms with Crippen LogP contribution in [0.15, 0.2) is 24.7 Å². The topological polar surface area (TPSA) is 42.7 Å². The molecule has 1 unspecified atom stereocenters. The summed E-state index contributed by atoms with van der Waals surface area (Å²) >= 11 is 0. The number of aromatic nitrogens is 3. The molecule has 0 saturated carbocycles. The molecule has 0 bridgehead atoms. The summed E-state index contributed by atoms with van der Waals surface area (Å²) in [4.78, 5) is 9.02. The molecule has 0 aliphatic rings. The molecule has 1 atom stereocenters. The lowest BCUT2D eigenvalue weighted by molar-refractivity contribution is 0.492. The number of rotatable bonds is 6. The first kappa shape index (κ1) is 14.7. The van der Waals surface area contributed by atoms with Crippen LogP contribution >= 0.6 is 0 Å². The van der Waals surface area contributed by atoms with E-state index in [0.717, 1.165) is 30.9 Å². The summed E-state index contributed by atoms with van der Waals surface area (Å²) in [6.07, 6.45) is 7.76. The Morgan fingerprint density at radius 2 is 2.10 bits per heavy atom. The van der Waals surface area contributed by atoms with Gasteiger partial charge in [0.15, 0.2) is 0 Å². The standard InChI is InChI=1S/C16H24N4/c1-5-17-14(6-7-15-18-8-9-20(15)4)16-13(3)10-12(2)11-19-16/h8-11,14,17H,5-7H2,1-4H3. The molecule has 20 heavy (non-hydrogen) atoms. The van der Waals surface area contributed by atoms with Crippen LogP contribution < -0.4 is 5.32 Å². The van der Waals surface area contributed by atoms with Gasteiger partial charge in [-0.25, -0.2) is 4.98 Å². The van der Waals surface area contributed by atoms with Crippen LogP contribution in [0.2, 0.25) is 0 Å². The molecular weight excluding hydrogens is 248 g/mol. The maximum atomic E-state index is 4.63. The van der Waals surface area contributed by atoms with Crippen LogP contribution in [0, 0.1) is 13.8 Å². The van der Waals surface area contributed by atoms with Crippen molar-refractivity contribution >= 4 is 0 Å². The van der Waals surface area contributed by atoms with E-state index in [9.17, 15) is 0 Å². The predicted molar refractivity (Wildman–Crippen MR) is 81.7 cm³/mol. The molecule has 0 radical (unpaired) electrons. The van der Waals surface area contributed by atoms with Gasteiger partial charge < -0.3 is 9.88 Å². The van der Waals surface area contributed by atoms with Crippen LogP contribution in [0.3, 0.4) is 0 Å². The van der Waals surface area contributed by atoms with Crippen molar-refractivity contribution in [3.05, 3.63) is 47.3 Å². The fourth-order valence-electron chi connectivity index (χ4n) is 2.58. The van der Waals surface area contributed by atoms with Crippen molar-refractivity contribution in [1.82, 2.24) is 19.9 Å². The van der Waals surface area contributed by atoms with Crippen molar-refractivity contribution in [2.45, 2.75) is 39.7 Å². The third-order valence-corrected chi connectivity index (χ3v) is 3.61. The molecule has 4 heteroatoms. The number of hydrogen-bond donors (Lipinski definition) is 1. The Morgan fingerprint density at radius 1 is 1.30 bits per heavy atom. The van der Waals surface area contributed by atoms with E-state index in [2.05, 4.69) is 46.7 Å². The molecule has 2 aromatic rings. The monoisotopic (exact) mass is 272 g/mol. The zero-order chi connectivity index (χ0) is 14.5. The third-order valence-electron chi connectivity index (χ3n) is 3.61. The van der Waals surface area contributed by atoms with E-state index < -0.39 is 0 Å². The van der Waals surface area contributed by atoms with Crippen molar-refractivity contribution in [2.24, 2.45) is 7.05 Å². The summed E-state index contributed by atoms with van der Waals surface area (Å²) in [5, 5.41) is 3.54. The van der Waals surface area contributed by atoms with Crippen LogP contribution in [-0.4, -0.2) is 21.1 Å². The summed E-state index contributed by atoms with van der Waals surface area (Å²) < 4.78 is 2.08. The number of nitrogens with zero attached hydrogens (tertiary/aromatic N) is 3. The van der Waals surface area contributed by atoms with Crippen molar-refractivity contribution < 1.29 is 0 Å². The molecule has 2 aromatic heterocycles. The summed E-state index contributed by atoms with van der Waals surface area (Å²) in [5.74, 6) is 1.12. The van der Waals surface area contributed by atoms with E-state index in [-0.39, 0.29) is 6.04 Å². The Kier molecular flexibility index (Phi) is 4.90. The highest BCUT2D eigenvalue weighted by Gasteiger charge is 2.15. The minimum absolute atomic E-state index is 0.289. The summed E-state index contributed by atoms with van der Waals surface area (Å²) in [5.41, 5.74) is 3.63. The molecule has 0 fully saturated rings. The lowest BCUT2D eigenvalue weighted by atomic mass is 10.0. The Balaban J connectivity index is 2.12. The van der Waals surface area contributed by atoms with E-state index >= 15 is 0 Å². The second-order valence-corrected chi connectivity index (χ2v) is 5.32.